The first-order valence-electron chi connectivity index (χ1n) is 8.00. The van der Waals surface area contributed by atoms with Crippen molar-refractivity contribution in [2.75, 3.05) is 10.6 Å². The Morgan fingerprint density at radius 3 is 2.52 bits per heavy atom. The lowest BCUT2D eigenvalue weighted by atomic mass is 9.83. The lowest BCUT2D eigenvalue weighted by Gasteiger charge is -2.27. The zero-order valence-corrected chi connectivity index (χ0v) is 13.1. The monoisotopic (exact) mass is 300 g/mol. The molecule has 0 fully saturated rings. The molecule has 0 saturated carbocycles. The van der Waals surface area contributed by atoms with Gasteiger partial charge in [-0.2, -0.15) is 0 Å². The van der Waals surface area contributed by atoms with Crippen LogP contribution in [0.1, 0.15) is 17.5 Å². The number of allylic oxidation sites excluding steroid dienone is 1. The Kier molecular flexibility index (Phi) is 3.30. The number of hydrogen-bond donors (Lipinski definition) is 2. The summed E-state index contributed by atoms with van der Waals surface area (Å²) in [5.74, 6) is 0. The van der Waals surface area contributed by atoms with Gasteiger partial charge in [0.05, 0.1) is 17.4 Å². The van der Waals surface area contributed by atoms with Crippen LogP contribution in [0.15, 0.2) is 79.0 Å². The van der Waals surface area contributed by atoms with Crippen LogP contribution in [0.3, 0.4) is 0 Å². The van der Waals surface area contributed by atoms with Crippen molar-refractivity contribution in [3.05, 3.63) is 90.2 Å². The lowest BCUT2D eigenvalue weighted by Crippen LogP contribution is -2.24. The Labute approximate surface area is 137 Å². The minimum atomic E-state index is 0.194. The Hall–Kier alpha value is -2.74. The SMILES string of the molecule is C=C1CC(C2=CCc3ccccc3C2=C)Nc2ccccc2N1. The molecule has 1 aliphatic heterocycles. The van der Waals surface area contributed by atoms with Crippen LogP contribution in [0.5, 0.6) is 0 Å². The molecule has 2 aromatic rings. The maximum Gasteiger partial charge on any atom is 0.0617 e. The molecule has 2 aliphatic rings. The summed E-state index contributed by atoms with van der Waals surface area (Å²) in [6, 6.07) is 17.0. The van der Waals surface area contributed by atoms with E-state index >= 15 is 0 Å². The molecular weight excluding hydrogens is 280 g/mol. The first kappa shape index (κ1) is 13.9. The van der Waals surface area contributed by atoms with Crippen molar-refractivity contribution in [2.45, 2.75) is 18.9 Å². The van der Waals surface area contributed by atoms with Crippen molar-refractivity contribution < 1.29 is 0 Å². The second-order valence-corrected chi connectivity index (χ2v) is 6.17. The fraction of sp³-hybridized carbons (Fsp3) is 0.143. The number of anilines is 2. The summed E-state index contributed by atoms with van der Waals surface area (Å²) in [5.41, 5.74) is 8.25. The third-order valence-electron chi connectivity index (χ3n) is 4.63. The van der Waals surface area contributed by atoms with Crippen LogP contribution in [0.4, 0.5) is 11.4 Å². The van der Waals surface area contributed by atoms with Crippen molar-refractivity contribution in [3.63, 3.8) is 0 Å². The molecule has 1 atom stereocenters. The minimum Gasteiger partial charge on any atom is -0.376 e. The normalized spacial score (nSPS) is 19.7. The van der Waals surface area contributed by atoms with E-state index < -0.39 is 0 Å². The fourth-order valence-electron chi connectivity index (χ4n) is 3.48. The number of benzene rings is 2. The summed E-state index contributed by atoms with van der Waals surface area (Å²) in [6.45, 7) is 8.54. The van der Waals surface area contributed by atoms with Gasteiger partial charge >= 0.3 is 0 Å². The van der Waals surface area contributed by atoms with Crippen LogP contribution in [-0.4, -0.2) is 6.04 Å². The summed E-state index contributed by atoms with van der Waals surface area (Å²) >= 11 is 0. The van der Waals surface area contributed by atoms with Crippen molar-refractivity contribution in [1.29, 1.82) is 0 Å². The first-order valence-corrected chi connectivity index (χ1v) is 8.00. The fourth-order valence-corrected chi connectivity index (χ4v) is 3.48. The van der Waals surface area contributed by atoms with Gasteiger partial charge in [0.2, 0.25) is 0 Å². The van der Waals surface area contributed by atoms with Gasteiger partial charge in [-0.15, -0.1) is 0 Å². The Bertz CT molecular complexity index is 829. The van der Waals surface area contributed by atoms with Gasteiger partial charge < -0.3 is 10.6 Å². The van der Waals surface area contributed by atoms with E-state index in [-0.39, 0.29) is 6.04 Å². The highest BCUT2D eigenvalue weighted by Crippen LogP contribution is 2.37. The quantitative estimate of drug-likeness (QED) is 0.775. The van der Waals surface area contributed by atoms with Crippen LogP contribution in [0, 0.1) is 0 Å². The van der Waals surface area contributed by atoms with Gasteiger partial charge in [0.15, 0.2) is 0 Å². The lowest BCUT2D eigenvalue weighted by molar-refractivity contribution is 0.835. The third kappa shape index (κ3) is 2.46. The summed E-state index contributed by atoms with van der Waals surface area (Å²) in [5, 5.41) is 7.08. The predicted octanol–water partition coefficient (Wildman–Crippen LogP) is 4.99. The summed E-state index contributed by atoms with van der Waals surface area (Å²) in [7, 11) is 0. The second kappa shape index (κ2) is 5.47. The molecule has 0 radical (unpaired) electrons. The van der Waals surface area contributed by atoms with Crippen LogP contribution < -0.4 is 10.6 Å². The number of hydrogen-bond acceptors (Lipinski definition) is 2. The van der Waals surface area contributed by atoms with E-state index in [1.54, 1.807) is 0 Å². The van der Waals surface area contributed by atoms with Crippen LogP contribution >= 0.6 is 0 Å². The summed E-state index contributed by atoms with van der Waals surface area (Å²) < 4.78 is 0. The molecule has 1 heterocycles. The van der Waals surface area contributed by atoms with E-state index in [0.29, 0.717) is 0 Å². The van der Waals surface area contributed by atoms with Crippen molar-refractivity contribution in [3.8, 4) is 0 Å². The summed E-state index contributed by atoms with van der Waals surface area (Å²) in [4.78, 5) is 0. The topological polar surface area (TPSA) is 24.1 Å². The highest BCUT2D eigenvalue weighted by Gasteiger charge is 2.25. The molecule has 0 amide bonds. The zero-order valence-electron chi connectivity index (χ0n) is 13.1. The van der Waals surface area contributed by atoms with Gasteiger partial charge in [-0.3, -0.25) is 0 Å². The molecule has 2 aromatic carbocycles. The largest absolute Gasteiger partial charge is 0.376 e. The van der Waals surface area contributed by atoms with E-state index in [0.717, 1.165) is 35.5 Å². The molecule has 1 aliphatic carbocycles. The van der Waals surface area contributed by atoms with Crippen molar-refractivity contribution in [2.24, 2.45) is 0 Å². The van der Waals surface area contributed by atoms with Gasteiger partial charge in [0, 0.05) is 12.1 Å². The maximum absolute atomic E-state index is 4.37. The van der Waals surface area contributed by atoms with Crippen molar-refractivity contribution in [1.82, 2.24) is 0 Å². The average Bonchev–Trinajstić information content (AvgIpc) is 2.73. The third-order valence-corrected chi connectivity index (χ3v) is 4.63. The number of fused-ring (bicyclic) bond motifs is 2. The van der Waals surface area contributed by atoms with Gasteiger partial charge in [-0.25, -0.2) is 0 Å². The van der Waals surface area contributed by atoms with E-state index in [9.17, 15) is 0 Å². The average molecular weight is 300 g/mol. The first-order chi connectivity index (χ1) is 11.2. The Morgan fingerprint density at radius 2 is 1.65 bits per heavy atom. The molecule has 0 spiro atoms. The molecule has 2 heteroatoms. The molecule has 114 valence electrons. The highest BCUT2D eigenvalue weighted by molar-refractivity contribution is 5.84. The van der Waals surface area contributed by atoms with Gasteiger partial charge in [0.25, 0.3) is 0 Å². The molecule has 0 bridgehead atoms. The van der Waals surface area contributed by atoms with Crippen LogP contribution in [0.2, 0.25) is 0 Å². The molecule has 4 rings (SSSR count). The maximum atomic E-state index is 4.37. The second-order valence-electron chi connectivity index (χ2n) is 6.17. The van der Waals surface area contributed by atoms with Gasteiger partial charge in [-0.05, 0) is 40.8 Å². The molecule has 1 unspecified atom stereocenters. The number of nitrogens with one attached hydrogen (secondary N) is 2. The van der Waals surface area contributed by atoms with E-state index in [1.165, 1.54) is 16.7 Å². The molecule has 2 nitrogen and oxygen atoms in total. The number of para-hydroxylation sites is 2. The standard InChI is InChI=1S/C21H20N2/c1-14-13-21(23-20-10-6-5-9-19(20)22-14)18-12-11-16-7-3-4-8-17(16)15(18)2/h3-10,12,21-23H,1-2,11,13H2. The molecule has 0 aromatic heterocycles. The Balaban J connectivity index is 1.70. The molecule has 2 N–H and O–H groups in total. The van der Waals surface area contributed by atoms with Crippen LogP contribution in [-0.2, 0) is 6.42 Å². The van der Waals surface area contributed by atoms with Crippen LogP contribution in [0.25, 0.3) is 5.57 Å². The predicted molar refractivity (Wildman–Crippen MR) is 98.5 cm³/mol. The summed E-state index contributed by atoms with van der Waals surface area (Å²) in [6.07, 6.45) is 4.12. The molecule has 0 saturated heterocycles. The van der Waals surface area contributed by atoms with Gasteiger partial charge in [-0.1, -0.05) is 55.6 Å². The minimum absolute atomic E-state index is 0.194. The Morgan fingerprint density at radius 1 is 0.913 bits per heavy atom. The molecule has 23 heavy (non-hydrogen) atoms. The van der Waals surface area contributed by atoms with Gasteiger partial charge in [0.1, 0.15) is 0 Å². The molecular formula is C21H20N2. The van der Waals surface area contributed by atoms with E-state index in [1.807, 2.05) is 6.07 Å². The van der Waals surface area contributed by atoms with E-state index in [2.05, 4.69) is 72.3 Å². The van der Waals surface area contributed by atoms with Crippen molar-refractivity contribution >= 4 is 16.9 Å². The number of rotatable bonds is 1. The highest BCUT2D eigenvalue weighted by atomic mass is 15.0. The smallest absolute Gasteiger partial charge is 0.0617 e. The van der Waals surface area contributed by atoms with E-state index in [4.69, 9.17) is 0 Å². The zero-order chi connectivity index (χ0) is 15.8.